The van der Waals surface area contributed by atoms with Gasteiger partial charge >= 0.3 is 0 Å². The molecular formula is C13H11ClN2O2S. The third-order valence-corrected chi connectivity index (χ3v) is 3.37. The van der Waals surface area contributed by atoms with Gasteiger partial charge in [0.25, 0.3) is 0 Å². The molecule has 0 unspecified atom stereocenters. The van der Waals surface area contributed by atoms with E-state index in [1.54, 1.807) is 30.5 Å². The molecule has 1 aromatic heterocycles. The summed E-state index contributed by atoms with van der Waals surface area (Å²) < 4.78 is 5.04. The molecule has 19 heavy (non-hydrogen) atoms. The summed E-state index contributed by atoms with van der Waals surface area (Å²) in [6, 6.07) is 10.8. The van der Waals surface area contributed by atoms with Crippen LogP contribution in [0.1, 0.15) is 5.76 Å². The highest BCUT2D eigenvalue weighted by atomic mass is 35.5. The molecule has 1 N–H and O–H groups in total. The number of nitrogens with zero attached hydrogens (tertiary/aromatic N) is 1. The summed E-state index contributed by atoms with van der Waals surface area (Å²) in [5, 5.41) is 4.47. The maximum absolute atomic E-state index is 11.5. The molecule has 0 saturated heterocycles. The number of hydrogen-bond donors (Lipinski definition) is 1. The summed E-state index contributed by atoms with van der Waals surface area (Å²) >= 11 is 7.19. The van der Waals surface area contributed by atoms with Gasteiger partial charge < -0.3 is 4.42 Å². The monoisotopic (exact) mass is 294 g/mol. The number of carbonyl (C=O) groups is 1. The average Bonchev–Trinajstić information content (AvgIpc) is 2.91. The molecule has 98 valence electrons. The first-order valence-electron chi connectivity index (χ1n) is 5.48. The number of halogens is 1. The SMILES string of the molecule is O=C(CSc1ccc(Cl)cc1)N/N=C\c1ccco1. The molecule has 0 saturated carbocycles. The van der Waals surface area contributed by atoms with E-state index in [0.29, 0.717) is 10.8 Å². The number of hydrogen-bond acceptors (Lipinski definition) is 4. The average molecular weight is 295 g/mol. The topological polar surface area (TPSA) is 54.6 Å². The lowest BCUT2D eigenvalue weighted by Gasteiger charge is -2.00. The predicted octanol–water partition coefficient (Wildman–Crippen LogP) is 3.18. The third-order valence-electron chi connectivity index (χ3n) is 2.11. The van der Waals surface area contributed by atoms with Crippen LogP contribution in [0.15, 0.2) is 57.1 Å². The Kier molecular flexibility index (Phi) is 5.06. The molecule has 0 radical (unpaired) electrons. The number of rotatable bonds is 5. The van der Waals surface area contributed by atoms with Crippen molar-refractivity contribution in [3.8, 4) is 0 Å². The lowest BCUT2D eigenvalue weighted by Crippen LogP contribution is -2.19. The lowest BCUT2D eigenvalue weighted by atomic mass is 10.4. The highest BCUT2D eigenvalue weighted by Gasteiger charge is 2.01. The number of hydrazone groups is 1. The summed E-state index contributed by atoms with van der Waals surface area (Å²) in [7, 11) is 0. The van der Waals surface area contributed by atoms with Crippen molar-refractivity contribution in [1.82, 2.24) is 5.43 Å². The largest absolute Gasteiger partial charge is 0.463 e. The molecule has 1 heterocycles. The van der Waals surface area contributed by atoms with Crippen molar-refractivity contribution in [3.63, 3.8) is 0 Å². The molecule has 0 aliphatic carbocycles. The molecule has 6 heteroatoms. The Morgan fingerprint density at radius 3 is 2.84 bits per heavy atom. The molecular weight excluding hydrogens is 284 g/mol. The summed E-state index contributed by atoms with van der Waals surface area (Å²) in [6.45, 7) is 0. The van der Waals surface area contributed by atoms with Crippen molar-refractivity contribution >= 4 is 35.5 Å². The van der Waals surface area contributed by atoms with E-state index in [4.69, 9.17) is 16.0 Å². The van der Waals surface area contributed by atoms with Gasteiger partial charge in [0.2, 0.25) is 5.91 Å². The highest BCUT2D eigenvalue weighted by Crippen LogP contribution is 2.19. The van der Waals surface area contributed by atoms with Crippen LogP contribution < -0.4 is 5.43 Å². The van der Waals surface area contributed by atoms with Crippen molar-refractivity contribution in [2.45, 2.75) is 4.90 Å². The van der Waals surface area contributed by atoms with Crippen LogP contribution in [0.2, 0.25) is 5.02 Å². The van der Waals surface area contributed by atoms with Gasteiger partial charge in [-0.15, -0.1) is 11.8 Å². The maximum Gasteiger partial charge on any atom is 0.250 e. The van der Waals surface area contributed by atoms with Crippen molar-refractivity contribution < 1.29 is 9.21 Å². The van der Waals surface area contributed by atoms with Gasteiger partial charge in [-0.25, -0.2) is 5.43 Å². The van der Waals surface area contributed by atoms with Crippen LogP contribution in [0.4, 0.5) is 0 Å². The number of benzene rings is 1. The predicted molar refractivity (Wildman–Crippen MR) is 76.6 cm³/mol. The Balaban J connectivity index is 1.74. The van der Waals surface area contributed by atoms with Gasteiger partial charge in [-0.1, -0.05) is 11.6 Å². The zero-order chi connectivity index (χ0) is 13.5. The second-order valence-corrected chi connectivity index (χ2v) is 5.04. The molecule has 4 nitrogen and oxygen atoms in total. The van der Waals surface area contributed by atoms with Crippen LogP contribution in [0, 0.1) is 0 Å². The molecule has 2 rings (SSSR count). The van der Waals surface area contributed by atoms with Crippen molar-refractivity contribution in [2.75, 3.05) is 5.75 Å². The van der Waals surface area contributed by atoms with Crippen LogP contribution in [0.3, 0.4) is 0 Å². The van der Waals surface area contributed by atoms with Crippen LogP contribution in [-0.2, 0) is 4.79 Å². The Morgan fingerprint density at radius 1 is 1.37 bits per heavy atom. The fourth-order valence-corrected chi connectivity index (χ4v) is 2.06. The molecule has 0 spiro atoms. The number of carbonyl (C=O) groups excluding carboxylic acids is 1. The minimum atomic E-state index is -0.178. The summed E-state index contributed by atoms with van der Waals surface area (Å²) in [6.07, 6.45) is 2.99. The molecule has 0 aliphatic rings. The second-order valence-electron chi connectivity index (χ2n) is 3.55. The Labute approximate surface area is 119 Å². The highest BCUT2D eigenvalue weighted by molar-refractivity contribution is 8.00. The normalized spacial score (nSPS) is 10.8. The minimum absolute atomic E-state index is 0.178. The molecule has 1 aromatic carbocycles. The fraction of sp³-hybridized carbons (Fsp3) is 0.0769. The summed E-state index contributed by atoms with van der Waals surface area (Å²) in [4.78, 5) is 12.5. The van der Waals surface area contributed by atoms with Crippen LogP contribution in [0.5, 0.6) is 0 Å². The molecule has 0 aliphatic heterocycles. The second kappa shape index (κ2) is 7.01. The first kappa shape index (κ1) is 13.7. The van der Waals surface area contributed by atoms with E-state index in [9.17, 15) is 4.79 Å². The fourth-order valence-electron chi connectivity index (χ4n) is 1.24. The van der Waals surface area contributed by atoms with Gasteiger partial charge in [0.05, 0.1) is 18.2 Å². The molecule has 0 fully saturated rings. The summed E-state index contributed by atoms with van der Waals surface area (Å²) in [5.41, 5.74) is 2.43. The van der Waals surface area contributed by atoms with E-state index in [2.05, 4.69) is 10.5 Å². The van der Waals surface area contributed by atoms with Crippen molar-refractivity contribution in [3.05, 3.63) is 53.4 Å². The van der Waals surface area contributed by atoms with Crippen LogP contribution in [0.25, 0.3) is 0 Å². The van der Waals surface area contributed by atoms with Crippen molar-refractivity contribution in [1.29, 1.82) is 0 Å². The zero-order valence-electron chi connectivity index (χ0n) is 9.88. The standard InChI is InChI=1S/C13H11ClN2O2S/c14-10-3-5-12(6-4-10)19-9-13(17)16-15-8-11-2-1-7-18-11/h1-8H,9H2,(H,16,17)/b15-8-. The van der Waals surface area contributed by atoms with Gasteiger partial charge in [0, 0.05) is 9.92 Å². The number of furan rings is 1. The van der Waals surface area contributed by atoms with Crippen LogP contribution in [-0.4, -0.2) is 17.9 Å². The maximum atomic E-state index is 11.5. The van der Waals surface area contributed by atoms with Crippen molar-refractivity contribution in [2.24, 2.45) is 5.10 Å². The molecule has 0 atom stereocenters. The number of thioether (sulfide) groups is 1. The first-order chi connectivity index (χ1) is 9.24. The van der Waals surface area contributed by atoms with Crippen LogP contribution >= 0.6 is 23.4 Å². The number of nitrogens with one attached hydrogen (secondary N) is 1. The van der Waals surface area contributed by atoms with Gasteiger partial charge in [0.1, 0.15) is 5.76 Å². The molecule has 2 aromatic rings. The number of amides is 1. The van der Waals surface area contributed by atoms with E-state index in [1.165, 1.54) is 18.0 Å². The zero-order valence-corrected chi connectivity index (χ0v) is 11.4. The Morgan fingerprint density at radius 2 is 2.16 bits per heavy atom. The first-order valence-corrected chi connectivity index (χ1v) is 6.84. The summed E-state index contributed by atoms with van der Waals surface area (Å²) in [5.74, 6) is 0.699. The smallest absolute Gasteiger partial charge is 0.250 e. The van der Waals surface area contributed by atoms with Gasteiger partial charge in [-0.2, -0.15) is 5.10 Å². The molecule has 1 amide bonds. The Hall–Kier alpha value is -1.72. The van der Waals surface area contributed by atoms with E-state index >= 15 is 0 Å². The van der Waals surface area contributed by atoms with E-state index in [0.717, 1.165) is 4.90 Å². The van der Waals surface area contributed by atoms with E-state index in [1.807, 2.05) is 12.1 Å². The minimum Gasteiger partial charge on any atom is -0.463 e. The third kappa shape index (κ3) is 4.81. The quantitative estimate of drug-likeness (QED) is 0.523. The van der Waals surface area contributed by atoms with E-state index in [-0.39, 0.29) is 11.7 Å². The Bertz CT molecular complexity index is 553. The van der Waals surface area contributed by atoms with Gasteiger partial charge in [-0.05, 0) is 36.4 Å². The van der Waals surface area contributed by atoms with E-state index < -0.39 is 0 Å². The van der Waals surface area contributed by atoms with Gasteiger partial charge in [-0.3, -0.25) is 4.79 Å². The lowest BCUT2D eigenvalue weighted by molar-refractivity contribution is -0.118. The van der Waals surface area contributed by atoms with Gasteiger partial charge in [0.15, 0.2) is 0 Å². The molecule has 0 bridgehead atoms.